The summed E-state index contributed by atoms with van der Waals surface area (Å²) in [7, 11) is 0. The standard InChI is InChI=1S/C26H34N2O2/c1-4-26(30)27-24-8-5-7-22(18-24)21-12-15-28(16-13-21)14-6-9-25(29)23-11-10-19(2)20(3)17-23/h5,7-8,10-11,17-18,21H,4,6,9,12-16H2,1-3H3,(H,27,30). The Labute approximate surface area is 180 Å². The summed E-state index contributed by atoms with van der Waals surface area (Å²) in [6.07, 6.45) is 4.26. The molecular formula is C26H34N2O2. The largest absolute Gasteiger partial charge is 0.326 e. The van der Waals surface area contributed by atoms with Crippen LogP contribution in [0.25, 0.3) is 0 Å². The van der Waals surface area contributed by atoms with Crippen LogP contribution in [-0.4, -0.2) is 36.2 Å². The molecule has 3 rings (SSSR count). The number of rotatable bonds is 8. The number of likely N-dealkylation sites (tertiary alicyclic amines) is 1. The highest BCUT2D eigenvalue weighted by atomic mass is 16.1. The SMILES string of the molecule is CCC(=O)Nc1cccc(C2CCN(CCCC(=O)c3ccc(C)c(C)c3)CC2)c1. The number of nitrogens with zero attached hydrogens (tertiary/aromatic N) is 1. The van der Waals surface area contributed by atoms with Gasteiger partial charge in [-0.2, -0.15) is 0 Å². The zero-order valence-electron chi connectivity index (χ0n) is 18.5. The average Bonchev–Trinajstić information content (AvgIpc) is 2.76. The summed E-state index contributed by atoms with van der Waals surface area (Å²) in [6, 6.07) is 14.3. The van der Waals surface area contributed by atoms with Crippen LogP contribution < -0.4 is 5.32 Å². The third-order valence-electron chi connectivity index (χ3n) is 6.26. The van der Waals surface area contributed by atoms with Gasteiger partial charge in [0.15, 0.2) is 5.78 Å². The van der Waals surface area contributed by atoms with Gasteiger partial charge < -0.3 is 10.2 Å². The number of aryl methyl sites for hydroxylation is 2. The van der Waals surface area contributed by atoms with Crippen LogP contribution in [0.3, 0.4) is 0 Å². The van der Waals surface area contributed by atoms with Crippen molar-refractivity contribution >= 4 is 17.4 Å². The van der Waals surface area contributed by atoms with E-state index < -0.39 is 0 Å². The third kappa shape index (κ3) is 6.02. The van der Waals surface area contributed by atoms with Crippen molar-refractivity contribution in [3.8, 4) is 0 Å². The van der Waals surface area contributed by atoms with E-state index in [1.54, 1.807) is 0 Å². The Morgan fingerprint density at radius 3 is 2.50 bits per heavy atom. The zero-order chi connectivity index (χ0) is 21.5. The molecule has 1 amide bonds. The van der Waals surface area contributed by atoms with Crippen molar-refractivity contribution in [1.82, 2.24) is 4.90 Å². The lowest BCUT2D eigenvalue weighted by Crippen LogP contribution is -2.33. The number of anilines is 1. The molecule has 0 atom stereocenters. The van der Waals surface area contributed by atoms with E-state index in [2.05, 4.69) is 36.2 Å². The number of carbonyl (C=O) groups is 2. The van der Waals surface area contributed by atoms with Gasteiger partial charge in [-0.25, -0.2) is 0 Å². The number of hydrogen-bond donors (Lipinski definition) is 1. The number of piperidine rings is 1. The van der Waals surface area contributed by atoms with E-state index in [4.69, 9.17) is 0 Å². The quantitative estimate of drug-likeness (QED) is 0.589. The van der Waals surface area contributed by atoms with Crippen LogP contribution in [0.2, 0.25) is 0 Å². The lowest BCUT2D eigenvalue weighted by molar-refractivity contribution is -0.115. The van der Waals surface area contributed by atoms with E-state index in [0.717, 1.165) is 50.1 Å². The first-order chi connectivity index (χ1) is 14.5. The van der Waals surface area contributed by atoms with Gasteiger partial charge in [-0.15, -0.1) is 0 Å². The Kier molecular flexibility index (Phi) is 7.81. The smallest absolute Gasteiger partial charge is 0.224 e. The molecule has 0 radical (unpaired) electrons. The van der Waals surface area contributed by atoms with Gasteiger partial charge in [0.1, 0.15) is 0 Å². The molecule has 160 valence electrons. The number of benzene rings is 2. The topological polar surface area (TPSA) is 49.4 Å². The molecule has 1 saturated heterocycles. The first-order valence-corrected chi connectivity index (χ1v) is 11.2. The maximum absolute atomic E-state index is 12.5. The van der Waals surface area contributed by atoms with Crippen LogP contribution in [-0.2, 0) is 4.79 Å². The number of amides is 1. The highest BCUT2D eigenvalue weighted by Gasteiger charge is 2.21. The molecule has 1 heterocycles. The molecule has 4 heteroatoms. The van der Waals surface area contributed by atoms with E-state index >= 15 is 0 Å². The molecule has 2 aromatic rings. The first kappa shape index (κ1) is 22.2. The Balaban J connectivity index is 1.43. The van der Waals surface area contributed by atoms with Gasteiger partial charge in [0.25, 0.3) is 0 Å². The normalized spacial score (nSPS) is 15.2. The van der Waals surface area contributed by atoms with Crippen LogP contribution in [0.5, 0.6) is 0 Å². The summed E-state index contributed by atoms with van der Waals surface area (Å²) in [4.78, 5) is 26.6. The van der Waals surface area contributed by atoms with Crippen molar-refractivity contribution < 1.29 is 9.59 Å². The first-order valence-electron chi connectivity index (χ1n) is 11.2. The molecule has 0 saturated carbocycles. The Hall–Kier alpha value is -2.46. The number of ketones is 1. The summed E-state index contributed by atoms with van der Waals surface area (Å²) in [5, 5.41) is 2.96. The second-order valence-corrected chi connectivity index (χ2v) is 8.47. The number of nitrogens with one attached hydrogen (secondary N) is 1. The van der Waals surface area contributed by atoms with Crippen molar-refractivity contribution in [3.05, 3.63) is 64.7 Å². The molecular weight excluding hydrogens is 372 g/mol. The van der Waals surface area contributed by atoms with Gasteiger partial charge in [0.2, 0.25) is 5.91 Å². The average molecular weight is 407 g/mol. The van der Waals surface area contributed by atoms with Gasteiger partial charge in [-0.3, -0.25) is 9.59 Å². The van der Waals surface area contributed by atoms with Crippen LogP contribution >= 0.6 is 0 Å². The van der Waals surface area contributed by atoms with Crippen LogP contribution in [0.4, 0.5) is 5.69 Å². The molecule has 30 heavy (non-hydrogen) atoms. The zero-order valence-corrected chi connectivity index (χ0v) is 18.5. The highest BCUT2D eigenvalue weighted by molar-refractivity contribution is 5.96. The lowest BCUT2D eigenvalue weighted by atomic mass is 9.89. The monoisotopic (exact) mass is 406 g/mol. The molecule has 1 aliphatic heterocycles. The second kappa shape index (κ2) is 10.5. The minimum atomic E-state index is 0.0531. The third-order valence-corrected chi connectivity index (χ3v) is 6.26. The number of carbonyl (C=O) groups excluding carboxylic acids is 2. The fourth-order valence-electron chi connectivity index (χ4n) is 4.13. The van der Waals surface area contributed by atoms with Crippen molar-refractivity contribution in [2.24, 2.45) is 0 Å². The van der Waals surface area contributed by atoms with Crippen LogP contribution in [0.15, 0.2) is 42.5 Å². The Bertz CT molecular complexity index is 882. The van der Waals surface area contributed by atoms with E-state index in [9.17, 15) is 9.59 Å². The molecule has 0 aliphatic carbocycles. The van der Waals surface area contributed by atoms with Gasteiger partial charge in [0.05, 0.1) is 0 Å². The van der Waals surface area contributed by atoms with E-state index in [1.165, 1.54) is 16.7 Å². The molecule has 4 nitrogen and oxygen atoms in total. The predicted octanol–water partition coefficient (Wildman–Crippen LogP) is 5.49. The predicted molar refractivity (Wildman–Crippen MR) is 123 cm³/mol. The summed E-state index contributed by atoms with van der Waals surface area (Å²) >= 11 is 0. The molecule has 1 fully saturated rings. The molecule has 1 aliphatic rings. The van der Waals surface area contributed by atoms with Gasteiger partial charge in [0, 0.05) is 24.1 Å². The van der Waals surface area contributed by atoms with E-state index in [-0.39, 0.29) is 11.7 Å². The van der Waals surface area contributed by atoms with Crippen molar-refractivity contribution in [3.63, 3.8) is 0 Å². The van der Waals surface area contributed by atoms with Crippen molar-refractivity contribution in [2.45, 2.75) is 58.8 Å². The highest BCUT2D eigenvalue weighted by Crippen LogP contribution is 2.29. The van der Waals surface area contributed by atoms with E-state index in [1.807, 2.05) is 37.3 Å². The maximum Gasteiger partial charge on any atom is 0.224 e. The van der Waals surface area contributed by atoms with Gasteiger partial charge >= 0.3 is 0 Å². The maximum atomic E-state index is 12.5. The molecule has 0 unspecified atom stereocenters. The number of hydrogen-bond acceptors (Lipinski definition) is 3. The molecule has 1 N–H and O–H groups in total. The van der Waals surface area contributed by atoms with Gasteiger partial charge in [-0.05, 0) is 93.6 Å². The number of Topliss-reactive ketones (excluding diaryl/α,β-unsaturated/α-hetero) is 1. The molecule has 0 bridgehead atoms. The lowest BCUT2D eigenvalue weighted by Gasteiger charge is -2.32. The Morgan fingerprint density at radius 2 is 1.80 bits per heavy atom. The summed E-state index contributed by atoms with van der Waals surface area (Å²) in [5.74, 6) is 0.841. The van der Waals surface area contributed by atoms with Crippen molar-refractivity contribution in [1.29, 1.82) is 0 Å². The van der Waals surface area contributed by atoms with Crippen LogP contribution in [0.1, 0.15) is 72.0 Å². The summed E-state index contributed by atoms with van der Waals surface area (Å²) < 4.78 is 0. The Morgan fingerprint density at radius 1 is 1.03 bits per heavy atom. The fraction of sp³-hybridized carbons (Fsp3) is 0.462. The fourth-order valence-corrected chi connectivity index (χ4v) is 4.13. The second-order valence-electron chi connectivity index (χ2n) is 8.47. The van der Waals surface area contributed by atoms with Crippen LogP contribution in [0, 0.1) is 13.8 Å². The molecule has 0 aromatic heterocycles. The van der Waals surface area contributed by atoms with Crippen molar-refractivity contribution in [2.75, 3.05) is 25.0 Å². The summed E-state index contributed by atoms with van der Waals surface area (Å²) in [5.41, 5.74) is 5.46. The molecule has 2 aromatic carbocycles. The summed E-state index contributed by atoms with van der Waals surface area (Å²) in [6.45, 7) is 9.11. The van der Waals surface area contributed by atoms with Gasteiger partial charge in [-0.1, -0.05) is 31.2 Å². The minimum Gasteiger partial charge on any atom is -0.326 e. The van der Waals surface area contributed by atoms with E-state index in [0.29, 0.717) is 18.8 Å². The molecule has 0 spiro atoms. The minimum absolute atomic E-state index is 0.0531.